The van der Waals surface area contributed by atoms with E-state index in [4.69, 9.17) is 16.7 Å². The van der Waals surface area contributed by atoms with Crippen LogP contribution < -0.4 is 5.32 Å². The minimum absolute atomic E-state index is 0.123. The Bertz CT molecular complexity index is 554. The van der Waals surface area contributed by atoms with Gasteiger partial charge in [0.2, 0.25) is 5.91 Å². The van der Waals surface area contributed by atoms with Crippen molar-refractivity contribution in [2.75, 3.05) is 5.32 Å². The molecule has 94 valence electrons. The van der Waals surface area contributed by atoms with Gasteiger partial charge in [0, 0.05) is 6.20 Å². The number of hydrogen-bond donors (Lipinski definition) is 2. The molecule has 2 N–H and O–H groups in total. The number of aliphatic hydroxyl groups is 1. The molecule has 6 heteroatoms. The Morgan fingerprint density at radius 2 is 2.22 bits per heavy atom. The number of halogens is 1. The first-order valence-electron chi connectivity index (χ1n) is 5.35. The Hall–Kier alpha value is -1.85. The van der Waals surface area contributed by atoms with Crippen molar-refractivity contribution in [1.29, 1.82) is 0 Å². The third-order valence-corrected chi connectivity index (χ3v) is 2.65. The van der Waals surface area contributed by atoms with Gasteiger partial charge in [0.25, 0.3) is 0 Å². The van der Waals surface area contributed by atoms with E-state index in [0.29, 0.717) is 16.4 Å². The summed E-state index contributed by atoms with van der Waals surface area (Å²) < 4.78 is 1.59. The first kappa shape index (κ1) is 12.6. The Balaban J connectivity index is 1.99. The number of nitrogens with one attached hydrogen (secondary N) is 1. The fourth-order valence-electron chi connectivity index (χ4n) is 1.49. The highest BCUT2D eigenvalue weighted by Gasteiger charge is 2.06. The maximum Gasteiger partial charge on any atom is 0.244 e. The SMILES string of the molecule is O=C(Cn1cnc(CO)c1)Nc1ccccc1Cl. The van der Waals surface area contributed by atoms with Gasteiger partial charge in [0.1, 0.15) is 6.54 Å². The monoisotopic (exact) mass is 265 g/mol. The summed E-state index contributed by atoms with van der Waals surface area (Å²) in [5.41, 5.74) is 1.10. The molecule has 0 aliphatic heterocycles. The first-order chi connectivity index (χ1) is 8.69. The lowest BCUT2D eigenvalue weighted by atomic mass is 10.3. The molecule has 0 aliphatic carbocycles. The van der Waals surface area contributed by atoms with Gasteiger partial charge in [-0.1, -0.05) is 23.7 Å². The molecule has 0 bridgehead atoms. The van der Waals surface area contributed by atoms with Crippen LogP contribution in [0.2, 0.25) is 5.02 Å². The summed E-state index contributed by atoms with van der Waals surface area (Å²) in [4.78, 5) is 15.7. The number of aromatic nitrogens is 2. The minimum Gasteiger partial charge on any atom is -0.390 e. The van der Waals surface area contributed by atoms with Gasteiger partial charge >= 0.3 is 0 Å². The molecular weight excluding hydrogens is 254 g/mol. The zero-order valence-corrected chi connectivity index (χ0v) is 10.3. The third-order valence-electron chi connectivity index (χ3n) is 2.32. The molecule has 1 aromatic heterocycles. The summed E-state index contributed by atoms with van der Waals surface area (Å²) in [6.07, 6.45) is 3.11. The molecule has 2 aromatic rings. The number of rotatable bonds is 4. The van der Waals surface area contributed by atoms with Gasteiger partial charge in [-0.2, -0.15) is 0 Å². The molecule has 5 nitrogen and oxygen atoms in total. The van der Waals surface area contributed by atoms with Crippen LogP contribution in [-0.2, 0) is 17.9 Å². The number of nitrogens with zero attached hydrogens (tertiary/aromatic N) is 2. The number of carbonyl (C=O) groups is 1. The van der Waals surface area contributed by atoms with Crippen molar-refractivity contribution in [2.24, 2.45) is 0 Å². The van der Waals surface area contributed by atoms with Crippen molar-refractivity contribution < 1.29 is 9.90 Å². The van der Waals surface area contributed by atoms with Crippen LogP contribution in [0, 0.1) is 0 Å². The maximum absolute atomic E-state index is 11.8. The van der Waals surface area contributed by atoms with Crippen LogP contribution in [0.1, 0.15) is 5.69 Å². The minimum atomic E-state index is -0.204. The molecule has 1 heterocycles. The van der Waals surface area contributed by atoms with Crippen LogP contribution >= 0.6 is 11.6 Å². The second-order valence-electron chi connectivity index (χ2n) is 3.72. The summed E-state index contributed by atoms with van der Waals surface area (Å²) in [7, 11) is 0. The molecule has 0 spiro atoms. The third kappa shape index (κ3) is 3.09. The Kier molecular flexibility index (Phi) is 3.96. The predicted octanol–water partition coefficient (Wildman–Crippen LogP) is 1.67. The van der Waals surface area contributed by atoms with Crippen molar-refractivity contribution in [3.8, 4) is 0 Å². The molecule has 1 amide bonds. The van der Waals surface area contributed by atoms with Crippen LogP contribution in [0.3, 0.4) is 0 Å². The molecule has 0 radical (unpaired) electrons. The second-order valence-corrected chi connectivity index (χ2v) is 4.13. The van der Waals surface area contributed by atoms with E-state index in [1.165, 1.54) is 6.33 Å². The summed E-state index contributed by atoms with van der Waals surface area (Å²) >= 11 is 5.93. The first-order valence-corrected chi connectivity index (χ1v) is 5.72. The van der Waals surface area contributed by atoms with E-state index >= 15 is 0 Å². The van der Waals surface area contributed by atoms with Gasteiger partial charge in [-0.15, -0.1) is 0 Å². The van der Waals surface area contributed by atoms with E-state index in [2.05, 4.69) is 10.3 Å². The number of hydrogen-bond acceptors (Lipinski definition) is 3. The van der Waals surface area contributed by atoms with E-state index in [1.807, 2.05) is 0 Å². The average Bonchev–Trinajstić information content (AvgIpc) is 2.80. The van der Waals surface area contributed by atoms with Gasteiger partial charge in [-0.3, -0.25) is 4.79 Å². The maximum atomic E-state index is 11.8. The van der Waals surface area contributed by atoms with E-state index in [1.54, 1.807) is 35.0 Å². The topological polar surface area (TPSA) is 67.2 Å². The zero-order valence-electron chi connectivity index (χ0n) is 9.51. The van der Waals surface area contributed by atoms with E-state index in [9.17, 15) is 4.79 Å². The van der Waals surface area contributed by atoms with Crippen molar-refractivity contribution in [1.82, 2.24) is 9.55 Å². The molecule has 0 aliphatic rings. The number of para-hydroxylation sites is 1. The molecule has 18 heavy (non-hydrogen) atoms. The number of anilines is 1. The highest BCUT2D eigenvalue weighted by atomic mass is 35.5. The largest absolute Gasteiger partial charge is 0.390 e. The molecular formula is C12H12ClN3O2. The zero-order chi connectivity index (χ0) is 13.0. The molecule has 0 fully saturated rings. The van der Waals surface area contributed by atoms with Crippen LogP contribution in [0.4, 0.5) is 5.69 Å². The van der Waals surface area contributed by atoms with Crippen LogP contribution in [-0.4, -0.2) is 20.6 Å². The lowest BCUT2D eigenvalue weighted by Crippen LogP contribution is -2.18. The van der Waals surface area contributed by atoms with E-state index in [0.717, 1.165) is 0 Å². The average molecular weight is 266 g/mol. The van der Waals surface area contributed by atoms with Gasteiger partial charge in [-0.05, 0) is 12.1 Å². The summed E-state index contributed by atoms with van der Waals surface area (Å²) in [6.45, 7) is -0.0165. The van der Waals surface area contributed by atoms with E-state index < -0.39 is 0 Å². The Labute approximate surface area is 109 Å². The Morgan fingerprint density at radius 3 is 2.89 bits per heavy atom. The van der Waals surface area contributed by atoms with Crippen LogP contribution in [0.25, 0.3) is 0 Å². The van der Waals surface area contributed by atoms with Crippen LogP contribution in [0.5, 0.6) is 0 Å². The normalized spacial score (nSPS) is 10.3. The van der Waals surface area contributed by atoms with Gasteiger partial charge in [-0.25, -0.2) is 4.98 Å². The van der Waals surface area contributed by atoms with Gasteiger partial charge in [0.15, 0.2) is 0 Å². The molecule has 0 saturated heterocycles. The predicted molar refractivity (Wildman–Crippen MR) is 68.2 cm³/mol. The number of benzene rings is 1. The highest BCUT2D eigenvalue weighted by molar-refractivity contribution is 6.33. The smallest absolute Gasteiger partial charge is 0.244 e. The Morgan fingerprint density at radius 1 is 1.44 bits per heavy atom. The summed E-state index contributed by atoms with van der Waals surface area (Å²) in [6, 6.07) is 7.02. The van der Waals surface area contributed by atoms with Crippen molar-refractivity contribution in [3.05, 3.63) is 47.5 Å². The standard InChI is InChI=1S/C12H12ClN3O2/c13-10-3-1-2-4-11(10)15-12(18)6-16-5-9(7-17)14-8-16/h1-5,8,17H,6-7H2,(H,15,18). The molecule has 2 rings (SSSR count). The number of carbonyl (C=O) groups excluding carboxylic acids is 1. The fraction of sp³-hybridized carbons (Fsp3) is 0.167. The summed E-state index contributed by atoms with van der Waals surface area (Å²) in [5.74, 6) is -0.204. The molecule has 0 saturated carbocycles. The number of aliphatic hydroxyl groups excluding tert-OH is 1. The lowest BCUT2D eigenvalue weighted by Gasteiger charge is -2.07. The molecule has 0 unspecified atom stereocenters. The second kappa shape index (κ2) is 5.66. The fourth-order valence-corrected chi connectivity index (χ4v) is 1.68. The highest BCUT2D eigenvalue weighted by Crippen LogP contribution is 2.20. The number of imidazole rings is 1. The van der Waals surface area contributed by atoms with Crippen molar-refractivity contribution in [2.45, 2.75) is 13.2 Å². The summed E-state index contributed by atoms with van der Waals surface area (Å²) in [5, 5.41) is 12.1. The molecule has 0 atom stereocenters. The van der Waals surface area contributed by atoms with Crippen molar-refractivity contribution >= 4 is 23.2 Å². The van der Waals surface area contributed by atoms with Crippen molar-refractivity contribution in [3.63, 3.8) is 0 Å². The van der Waals surface area contributed by atoms with Gasteiger partial charge < -0.3 is 15.0 Å². The number of amides is 1. The quantitative estimate of drug-likeness (QED) is 0.884. The van der Waals surface area contributed by atoms with E-state index in [-0.39, 0.29) is 19.1 Å². The van der Waals surface area contributed by atoms with Crippen LogP contribution in [0.15, 0.2) is 36.8 Å². The molecule has 1 aromatic carbocycles. The van der Waals surface area contributed by atoms with Gasteiger partial charge in [0.05, 0.1) is 29.3 Å². The lowest BCUT2D eigenvalue weighted by molar-refractivity contribution is -0.116.